The summed E-state index contributed by atoms with van der Waals surface area (Å²) in [5.41, 5.74) is 2.15. The molecule has 1 heterocycles. The average molecular weight is 318 g/mol. The number of hydrogen-bond donors (Lipinski definition) is 1. The SMILES string of the molecule is CC(C(=O)Nc1ccc(F)c(Cl)c1)n1cnc2ccccc21. The Bertz CT molecular complexity index is 846. The summed E-state index contributed by atoms with van der Waals surface area (Å²) in [4.78, 5) is 16.6. The van der Waals surface area contributed by atoms with Gasteiger partial charge in [-0.3, -0.25) is 4.79 Å². The number of amides is 1. The van der Waals surface area contributed by atoms with Gasteiger partial charge in [-0.05, 0) is 37.3 Å². The van der Waals surface area contributed by atoms with E-state index in [0.29, 0.717) is 5.69 Å². The Morgan fingerprint density at radius 2 is 2.09 bits per heavy atom. The fourth-order valence-electron chi connectivity index (χ4n) is 2.23. The van der Waals surface area contributed by atoms with Crippen LogP contribution in [0.2, 0.25) is 5.02 Å². The number of nitrogens with one attached hydrogen (secondary N) is 1. The Hall–Kier alpha value is -2.40. The third kappa shape index (κ3) is 2.67. The highest BCUT2D eigenvalue weighted by atomic mass is 35.5. The van der Waals surface area contributed by atoms with Gasteiger partial charge in [0.1, 0.15) is 11.9 Å². The van der Waals surface area contributed by atoms with Crippen molar-refractivity contribution >= 4 is 34.2 Å². The maximum Gasteiger partial charge on any atom is 0.247 e. The topological polar surface area (TPSA) is 46.9 Å². The van der Waals surface area contributed by atoms with Crippen LogP contribution in [-0.2, 0) is 4.79 Å². The number of imidazole rings is 1. The predicted octanol–water partition coefficient (Wildman–Crippen LogP) is 4.03. The van der Waals surface area contributed by atoms with Crippen LogP contribution in [0.1, 0.15) is 13.0 Å². The van der Waals surface area contributed by atoms with Gasteiger partial charge in [0.2, 0.25) is 5.91 Å². The molecule has 6 heteroatoms. The number of carbonyl (C=O) groups excluding carboxylic acids is 1. The van der Waals surface area contributed by atoms with E-state index in [-0.39, 0.29) is 10.9 Å². The van der Waals surface area contributed by atoms with Crippen LogP contribution in [0.5, 0.6) is 0 Å². The third-order valence-electron chi connectivity index (χ3n) is 3.46. The summed E-state index contributed by atoms with van der Waals surface area (Å²) in [6.07, 6.45) is 1.63. The Kier molecular flexibility index (Phi) is 3.81. The van der Waals surface area contributed by atoms with Crippen molar-refractivity contribution in [3.63, 3.8) is 0 Å². The molecule has 1 aromatic heterocycles. The minimum Gasteiger partial charge on any atom is -0.324 e. The standard InChI is InChI=1S/C16H13ClFN3O/c1-10(21-9-19-14-4-2-3-5-15(14)21)16(22)20-11-6-7-13(18)12(17)8-11/h2-10H,1H3,(H,20,22). The number of anilines is 1. The second kappa shape index (κ2) is 5.77. The van der Waals surface area contributed by atoms with Crippen LogP contribution in [0.4, 0.5) is 10.1 Å². The van der Waals surface area contributed by atoms with E-state index in [1.54, 1.807) is 17.8 Å². The van der Waals surface area contributed by atoms with Crippen molar-refractivity contribution in [2.75, 3.05) is 5.32 Å². The van der Waals surface area contributed by atoms with E-state index in [1.807, 2.05) is 24.3 Å². The summed E-state index contributed by atoms with van der Waals surface area (Å²) >= 11 is 5.71. The molecular weight excluding hydrogens is 305 g/mol. The third-order valence-corrected chi connectivity index (χ3v) is 3.75. The molecule has 0 bridgehead atoms. The second-order valence-electron chi connectivity index (χ2n) is 4.93. The Labute approximate surface area is 131 Å². The van der Waals surface area contributed by atoms with E-state index in [2.05, 4.69) is 10.3 Å². The molecule has 3 aromatic rings. The van der Waals surface area contributed by atoms with E-state index >= 15 is 0 Å². The minimum absolute atomic E-state index is 0.0291. The summed E-state index contributed by atoms with van der Waals surface area (Å²) in [6.45, 7) is 1.77. The van der Waals surface area contributed by atoms with Gasteiger partial charge in [0.25, 0.3) is 0 Å². The van der Waals surface area contributed by atoms with Gasteiger partial charge in [-0.15, -0.1) is 0 Å². The molecule has 22 heavy (non-hydrogen) atoms. The van der Waals surface area contributed by atoms with Crippen LogP contribution in [0.15, 0.2) is 48.8 Å². The lowest BCUT2D eigenvalue weighted by Gasteiger charge is -2.14. The van der Waals surface area contributed by atoms with Crippen molar-refractivity contribution in [1.29, 1.82) is 0 Å². The molecule has 1 atom stereocenters. The van der Waals surface area contributed by atoms with Gasteiger partial charge < -0.3 is 9.88 Å². The number of rotatable bonds is 3. The van der Waals surface area contributed by atoms with Crippen molar-refractivity contribution in [3.05, 3.63) is 59.6 Å². The average Bonchev–Trinajstić information content (AvgIpc) is 2.94. The smallest absolute Gasteiger partial charge is 0.247 e. The molecule has 1 unspecified atom stereocenters. The van der Waals surface area contributed by atoms with Gasteiger partial charge in [-0.2, -0.15) is 0 Å². The Morgan fingerprint density at radius 1 is 1.32 bits per heavy atom. The number of halogens is 2. The zero-order valence-electron chi connectivity index (χ0n) is 11.8. The van der Waals surface area contributed by atoms with E-state index in [0.717, 1.165) is 11.0 Å². The van der Waals surface area contributed by atoms with Gasteiger partial charge in [-0.1, -0.05) is 23.7 Å². The fraction of sp³-hybridized carbons (Fsp3) is 0.125. The summed E-state index contributed by atoms with van der Waals surface area (Å²) in [6, 6.07) is 11.2. The quantitative estimate of drug-likeness (QED) is 0.793. The molecule has 0 fully saturated rings. The van der Waals surface area contributed by atoms with Crippen LogP contribution in [0.3, 0.4) is 0 Å². The number of carbonyl (C=O) groups is 1. The van der Waals surface area contributed by atoms with Crippen LogP contribution >= 0.6 is 11.6 Å². The number of hydrogen-bond acceptors (Lipinski definition) is 2. The molecule has 1 amide bonds. The van der Waals surface area contributed by atoms with E-state index in [9.17, 15) is 9.18 Å². The normalized spacial score (nSPS) is 12.3. The molecular formula is C16H13ClFN3O. The number of nitrogens with zero attached hydrogens (tertiary/aromatic N) is 2. The van der Waals surface area contributed by atoms with Gasteiger partial charge in [-0.25, -0.2) is 9.37 Å². The first-order valence-corrected chi connectivity index (χ1v) is 7.11. The van der Waals surface area contributed by atoms with Crippen molar-refractivity contribution < 1.29 is 9.18 Å². The van der Waals surface area contributed by atoms with Gasteiger partial charge in [0.05, 0.1) is 22.4 Å². The van der Waals surface area contributed by atoms with Gasteiger partial charge in [0, 0.05) is 5.69 Å². The zero-order valence-corrected chi connectivity index (χ0v) is 12.5. The van der Waals surface area contributed by atoms with E-state index < -0.39 is 11.9 Å². The second-order valence-corrected chi connectivity index (χ2v) is 5.34. The first kappa shape index (κ1) is 14.5. The van der Waals surface area contributed by atoms with Crippen LogP contribution in [0, 0.1) is 5.82 Å². The molecule has 0 aliphatic rings. The first-order valence-electron chi connectivity index (χ1n) is 6.74. The number of benzene rings is 2. The lowest BCUT2D eigenvalue weighted by atomic mass is 10.2. The van der Waals surface area contributed by atoms with Crippen molar-refractivity contribution in [1.82, 2.24) is 9.55 Å². The van der Waals surface area contributed by atoms with Gasteiger partial charge in [0.15, 0.2) is 0 Å². The number of fused-ring (bicyclic) bond motifs is 1. The molecule has 0 aliphatic carbocycles. The molecule has 1 N–H and O–H groups in total. The van der Waals surface area contributed by atoms with E-state index in [1.165, 1.54) is 18.2 Å². The summed E-state index contributed by atoms with van der Waals surface area (Å²) in [5, 5.41) is 2.69. The lowest BCUT2D eigenvalue weighted by molar-refractivity contribution is -0.118. The fourth-order valence-corrected chi connectivity index (χ4v) is 2.41. The number of aromatic nitrogens is 2. The molecule has 0 radical (unpaired) electrons. The van der Waals surface area contributed by atoms with Crippen molar-refractivity contribution in [2.45, 2.75) is 13.0 Å². The Morgan fingerprint density at radius 3 is 2.86 bits per heavy atom. The van der Waals surface area contributed by atoms with Crippen molar-refractivity contribution in [2.24, 2.45) is 0 Å². The molecule has 112 valence electrons. The van der Waals surface area contributed by atoms with E-state index in [4.69, 9.17) is 11.6 Å². The largest absolute Gasteiger partial charge is 0.324 e. The molecule has 0 saturated heterocycles. The molecule has 4 nitrogen and oxygen atoms in total. The molecule has 0 spiro atoms. The molecule has 2 aromatic carbocycles. The summed E-state index contributed by atoms with van der Waals surface area (Å²) in [7, 11) is 0. The number of para-hydroxylation sites is 2. The minimum atomic E-state index is -0.520. The lowest BCUT2D eigenvalue weighted by Crippen LogP contribution is -2.23. The molecule has 0 aliphatic heterocycles. The van der Waals surface area contributed by atoms with Crippen molar-refractivity contribution in [3.8, 4) is 0 Å². The predicted molar refractivity (Wildman–Crippen MR) is 84.5 cm³/mol. The highest BCUT2D eigenvalue weighted by Crippen LogP contribution is 2.22. The van der Waals surface area contributed by atoms with Crippen LogP contribution in [-0.4, -0.2) is 15.5 Å². The summed E-state index contributed by atoms with van der Waals surface area (Å²) < 4.78 is 14.9. The van der Waals surface area contributed by atoms with Crippen LogP contribution < -0.4 is 5.32 Å². The van der Waals surface area contributed by atoms with Crippen LogP contribution in [0.25, 0.3) is 11.0 Å². The summed E-state index contributed by atoms with van der Waals surface area (Å²) in [5.74, 6) is -0.751. The highest BCUT2D eigenvalue weighted by molar-refractivity contribution is 6.31. The molecule has 3 rings (SSSR count). The highest BCUT2D eigenvalue weighted by Gasteiger charge is 2.17. The molecule has 0 saturated carbocycles. The van der Waals surface area contributed by atoms with Gasteiger partial charge >= 0.3 is 0 Å². The zero-order chi connectivity index (χ0) is 15.7. The maximum absolute atomic E-state index is 13.1. The Balaban J connectivity index is 1.83. The first-order chi connectivity index (χ1) is 10.6. The maximum atomic E-state index is 13.1. The monoisotopic (exact) mass is 317 g/mol.